The van der Waals surface area contributed by atoms with Gasteiger partial charge in [-0.25, -0.2) is 0 Å². The van der Waals surface area contributed by atoms with E-state index in [-0.39, 0.29) is 11.1 Å². The van der Waals surface area contributed by atoms with Gasteiger partial charge in [0, 0.05) is 11.1 Å². The van der Waals surface area contributed by atoms with Gasteiger partial charge in [-0.15, -0.1) is 0 Å². The molecule has 2 heteroatoms. The molecule has 0 bridgehead atoms. The molecule has 13 heavy (non-hydrogen) atoms. The van der Waals surface area contributed by atoms with Gasteiger partial charge in [-0.3, -0.25) is 10.6 Å². The number of hydrogen-bond acceptors (Lipinski definition) is 2. The minimum Gasteiger partial charge on any atom is -0.297 e. The van der Waals surface area contributed by atoms with Gasteiger partial charge >= 0.3 is 0 Å². The van der Waals surface area contributed by atoms with Crippen LogP contribution in [-0.4, -0.2) is 17.2 Å². The third-order valence-electron chi connectivity index (χ3n) is 2.14. The van der Waals surface area contributed by atoms with Crippen molar-refractivity contribution in [1.82, 2.24) is 10.6 Å². The van der Waals surface area contributed by atoms with Crippen LogP contribution in [0.4, 0.5) is 0 Å². The summed E-state index contributed by atoms with van der Waals surface area (Å²) in [5.41, 5.74) is 0.397. The Morgan fingerprint density at radius 3 is 1.77 bits per heavy atom. The van der Waals surface area contributed by atoms with Gasteiger partial charge in [-0.05, 0) is 48.0 Å². The minimum absolute atomic E-state index is 0.177. The topological polar surface area (TPSA) is 24.1 Å². The second-order valence-electron chi connectivity index (χ2n) is 5.50. The molecule has 0 aromatic heterocycles. The van der Waals surface area contributed by atoms with E-state index in [1.165, 1.54) is 0 Å². The second kappa shape index (κ2) is 4.43. The molecular weight excluding hydrogens is 160 g/mol. The lowest BCUT2D eigenvalue weighted by Gasteiger charge is -2.33. The Morgan fingerprint density at radius 2 is 1.46 bits per heavy atom. The third kappa shape index (κ3) is 7.03. The molecule has 0 fully saturated rings. The van der Waals surface area contributed by atoms with Gasteiger partial charge in [0.25, 0.3) is 0 Å². The summed E-state index contributed by atoms with van der Waals surface area (Å²) in [5.74, 6) is 0. The molecule has 0 radical (unpaired) electrons. The van der Waals surface area contributed by atoms with Gasteiger partial charge in [0.2, 0.25) is 0 Å². The zero-order valence-corrected chi connectivity index (χ0v) is 10.3. The molecule has 0 aromatic carbocycles. The van der Waals surface area contributed by atoms with Crippen molar-refractivity contribution in [3.63, 3.8) is 0 Å². The van der Waals surface area contributed by atoms with Crippen molar-refractivity contribution in [1.29, 1.82) is 0 Å². The molecule has 0 amide bonds. The highest BCUT2D eigenvalue weighted by molar-refractivity contribution is 4.81. The second-order valence-corrected chi connectivity index (χ2v) is 5.50. The normalized spacial score (nSPS) is 15.9. The minimum atomic E-state index is 0.177. The van der Waals surface area contributed by atoms with Crippen LogP contribution in [0.1, 0.15) is 54.9 Å². The Bertz CT molecular complexity index is 145. The lowest BCUT2D eigenvalue weighted by atomic mass is 10.0. The fourth-order valence-electron chi connectivity index (χ4n) is 1.37. The van der Waals surface area contributed by atoms with Gasteiger partial charge in [0.1, 0.15) is 0 Å². The molecule has 0 aromatic rings. The summed E-state index contributed by atoms with van der Waals surface area (Å²) in [4.78, 5) is 0. The quantitative estimate of drug-likeness (QED) is 0.659. The van der Waals surface area contributed by atoms with Crippen LogP contribution < -0.4 is 10.6 Å². The fourth-order valence-corrected chi connectivity index (χ4v) is 1.37. The molecule has 0 heterocycles. The van der Waals surface area contributed by atoms with Gasteiger partial charge in [-0.1, -0.05) is 6.92 Å². The van der Waals surface area contributed by atoms with Crippen molar-refractivity contribution >= 4 is 0 Å². The predicted octanol–water partition coefficient (Wildman–Crippen LogP) is 2.50. The van der Waals surface area contributed by atoms with E-state index in [0.29, 0.717) is 6.17 Å². The van der Waals surface area contributed by atoms with Crippen molar-refractivity contribution in [2.75, 3.05) is 0 Å². The van der Waals surface area contributed by atoms with E-state index in [0.717, 1.165) is 6.42 Å². The summed E-state index contributed by atoms with van der Waals surface area (Å²) in [6.45, 7) is 15.4. The Kier molecular flexibility index (Phi) is 4.40. The Morgan fingerprint density at radius 1 is 1.00 bits per heavy atom. The summed E-state index contributed by atoms with van der Waals surface area (Å²) < 4.78 is 0. The Balaban J connectivity index is 3.94. The zero-order chi connectivity index (χ0) is 10.7. The van der Waals surface area contributed by atoms with Gasteiger partial charge in [0.05, 0.1) is 6.17 Å². The molecule has 0 aliphatic heterocycles. The first kappa shape index (κ1) is 12.9. The first-order valence-corrected chi connectivity index (χ1v) is 5.22. The molecule has 0 rings (SSSR count). The standard InChI is InChI=1S/C11H26N2/c1-8-11(6,7)13-9(2)12-10(3,4)5/h9,12-13H,8H2,1-7H3. The van der Waals surface area contributed by atoms with Gasteiger partial charge in [0.15, 0.2) is 0 Å². The van der Waals surface area contributed by atoms with E-state index in [1.807, 2.05) is 0 Å². The van der Waals surface area contributed by atoms with E-state index in [1.54, 1.807) is 0 Å². The highest BCUT2D eigenvalue weighted by Crippen LogP contribution is 2.09. The zero-order valence-electron chi connectivity index (χ0n) is 10.3. The molecule has 0 saturated carbocycles. The molecule has 1 unspecified atom stereocenters. The highest BCUT2D eigenvalue weighted by atomic mass is 15.2. The maximum absolute atomic E-state index is 3.55. The summed E-state index contributed by atoms with van der Waals surface area (Å²) in [7, 11) is 0. The van der Waals surface area contributed by atoms with Crippen LogP contribution >= 0.6 is 0 Å². The first-order valence-electron chi connectivity index (χ1n) is 5.22. The maximum atomic E-state index is 3.55. The van der Waals surface area contributed by atoms with Crippen LogP contribution in [0.2, 0.25) is 0 Å². The molecule has 2 N–H and O–H groups in total. The van der Waals surface area contributed by atoms with Crippen molar-refractivity contribution in [3.05, 3.63) is 0 Å². The van der Waals surface area contributed by atoms with Crippen molar-refractivity contribution in [3.8, 4) is 0 Å². The lowest BCUT2D eigenvalue weighted by Crippen LogP contribution is -2.55. The summed E-state index contributed by atoms with van der Waals surface area (Å²) in [5, 5.41) is 7.05. The van der Waals surface area contributed by atoms with Crippen LogP contribution in [0.5, 0.6) is 0 Å². The number of nitrogens with one attached hydrogen (secondary N) is 2. The monoisotopic (exact) mass is 186 g/mol. The first-order chi connectivity index (χ1) is 5.66. The molecule has 0 aliphatic rings. The van der Waals surface area contributed by atoms with Crippen molar-refractivity contribution in [2.24, 2.45) is 0 Å². The van der Waals surface area contributed by atoms with E-state index in [9.17, 15) is 0 Å². The van der Waals surface area contributed by atoms with Crippen LogP contribution in [0.3, 0.4) is 0 Å². The van der Waals surface area contributed by atoms with Crippen LogP contribution in [0.15, 0.2) is 0 Å². The molecule has 0 spiro atoms. The molecule has 1 atom stereocenters. The molecule has 2 nitrogen and oxygen atoms in total. The third-order valence-corrected chi connectivity index (χ3v) is 2.14. The lowest BCUT2D eigenvalue weighted by molar-refractivity contribution is 0.260. The summed E-state index contributed by atoms with van der Waals surface area (Å²) in [6.07, 6.45) is 1.50. The van der Waals surface area contributed by atoms with E-state index in [2.05, 4.69) is 59.1 Å². The van der Waals surface area contributed by atoms with Gasteiger partial charge in [-0.2, -0.15) is 0 Å². The molecule has 0 saturated heterocycles. The van der Waals surface area contributed by atoms with E-state index >= 15 is 0 Å². The van der Waals surface area contributed by atoms with Crippen LogP contribution in [0.25, 0.3) is 0 Å². The summed E-state index contributed by atoms with van der Waals surface area (Å²) >= 11 is 0. The van der Waals surface area contributed by atoms with Crippen LogP contribution in [-0.2, 0) is 0 Å². The largest absolute Gasteiger partial charge is 0.297 e. The van der Waals surface area contributed by atoms with Crippen LogP contribution in [0, 0.1) is 0 Å². The summed E-state index contributed by atoms with van der Waals surface area (Å²) in [6, 6.07) is 0. The molecular formula is C11H26N2. The average molecular weight is 186 g/mol. The highest BCUT2D eigenvalue weighted by Gasteiger charge is 2.20. The van der Waals surface area contributed by atoms with Gasteiger partial charge < -0.3 is 0 Å². The average Bonchev–Trinajstić information content (AvgIpc) is 1.81. The Labute approximate surface area is 83.5 Å². The SMILES string of the molecule is CCC(C)(C)NC(C)NC(C)(C)C. The number of rotatable bonds is 4. The van der Waals surface area contributed by atoms with E-state index < -0.39 is 0 Å². The number of hydrogen-bond donors (Lipinski definition) is 2. The van der Waals surface area contributed by atoms with Crippen molar-refractivity contribution < 1.29 is 0 Å². The smallest absolute Gasteiger partial charge is 0.0550 e. The van der Waals surface area contributed by atoms with E-state index in [4.69, 9.17) is 0 Å². The fraction of sp³-hybridized carbons (Fsp3) is 1.00. The van der Waals surface area contributed by atoms with Crippen molar-refractivity contribution in [2.45, 2.75) is 72.1 Å². The predicted molar refractivity (Wildman–Crippen MR) is 59.9 cm³/mol. The molecule has 80 valence electrons. The molecule has 0 aliphatic carbocycles. The Hall–Kier alpha value is -0.0800. The maximum Gasteiger partial charge on any atom is 0.0550 e.